The molecule has 0 saturated heterocycles. The average Bonchev–Trinajstić information content (AvgIpc) is 2.84. The monoisotopic (exact) mass is 480 g/mol. The lowest BCUT2D eigenvalue weighted by atomic mass is 10.1. The van der Waals surface area contributed by atoms with Crippen molar-refractivity contribution in [2.75, 3.05) is 30.8 Å². The molecule has 0 aliphatic heterocycles. The Morgan fingerprint density at radius 1 is 0.794 bits per heavy atom. The normalized spacial score (nSPS) is 12.1. The molecule has 3 rings (SSSR count). The number of rotatable bonds is 8. The molecule has 178 valence electrons. The van der Waals surface area contributed by atoms with Gasteiger partial charge in [0.15, 0.2) is 0 Å². The van der Waals surface area contributed by atoms with Crippen LogP contribution in [0, 0.1) is 0 Å². The number of anilines is 2. The molecule has 2 amide bonds. The highest BCUT2D eigenvalue weighted by molar-refractivity contribution is 7.90. The zero-order valence-corrected chi connectivity index (χ0v) is 20.3. The summed E-state index contributed by atoms with van der Waals surface area (Å²) >= 11 is 0. The van der Waals surface area contributed by atoms with Gasteiger partial charge in [0, 0.05) is 26.7 Å². The molecule has 0 spiro atoms. The lowest BCUT2D eigenvalue weighted by molar-refractivity contribution is 0.0940. The van der Waals surface area contributed by atoms with Crippen LogP contribution in [0.2, 0.25) is 0 Å². The van der Waals surface area contributed by atoms with E-state index >= 15 is 0 Å². The molecule has 0 radical (unpaired) electrons. The number of nitrogens with one attached hydrogen (secondary N) is 2. The molecule has 0 unspecified atom stereocenters. The van der Waals surface area contributed by atoms with Crippen molar-refractivity contribution in [1.82, 2.24) is 9.62 Å². The Morgan fingerprint density at radius 3 is 2.00 bits per heavy atom. The summed E-state index contributed by atoms with van der Waals surface area (Å²) in [6.45, 7) is 1.89. The van der Waals surface area contributed by atoms with Gasteiger partial charge >= 0.3 is 10.2 Å². The Kier molecular flexibility index (Phi) is 7.70. The Labute approximate surface area is 200 Å². The molecule has 0 saturated carbocycles. The molecule has 8 nitrogen and oxygen atoms in total. The summed E-state index contributed by atoms with van der Waals surface area (Å²) in [7, 11) is 0.697. The topological polar surface area (TPSA) is 98.8 Å². The highest BCUT2D eigenvalue weighted by Gasteiger charge is 2.21. The molecule has 0 bridgehead atoms. The van der Waals surface area contributed by atoms with Crippen LogP contribution in [0.3, 0.4) is 0 Å². The number of para-hydroxylation sites is 1. The number of amides is 2. The zero-order valence-electron chi connectivity index (χ0n) is 19.5. The highest BCUT2D eigenvalue weighted by Crippen LogP contribution is 2.21. The van der Waals surface area contributed by atoms with Crippen molar-refractivity contribution < 1.29 is 18.0 Å². The van der Waals surface area contributed by atoms with Crippen molar-refractivity contribution in [2.45, 2.75) is 13.0 Å². The van der Waals surface area contributed by atoms with Gasteiger partial charge in [-0.1, -0.05) is 42.5 Å². The van der Waals surface area contributed by atoms with Gasteiger partial charge in [0.05, 0.1) is 23.0 Å². The number of benzene rings is 3. The predicted molar refractivity (Wildman–Crippen MR) is 134 cm³/mol. The Bertz CT molecular complexity index is 1260. The average molecular weight is 481 g/mol. The summed E-state index contributed by atoms with van der Waals surface area (Å²) in [6, 6.07) is 22.3. The molecule has 2 N–H and O–H groups in total. The summed E-state index contributed by atoms with van der Waals surface area (Å²) in [5, 5.41) is 5.73. The van der Waals surface area contributed by atoms with E-state index in [4.69, 9.17) is 0 Å². The Balaban J connectivity index is 1.74. The first kappa shape index (κ1) is 24.9. The zero-order chi connectivity index (χ0) is 24.9. The van der Waals surface area contributed by atoms with E-state index in [2.05, 4.69) is 10.6 Å². The molecule has 0 heterocycles. The molecule has 0 aliphatic carbocycles. The second kappa shape index (κ2) is 10.5. The van der Waals surface area contributed by atoms with Gasteiger partial charge < -0.3 is 10.6 Å². The Morgan fingerprint density at radius 2 is 1.38 bits per heavy atom. The van der Waals surface area contributed by atoms with E-state index in [9.17, 15) is 18.0 Å². The third-order valence-corrected chi connectivity index (χ3v) is 7.19. The maximum atomic E-state index is 12.9. The van der Waals surface area contributed by atoms with Crippen molar-refractivity contribution >= 4 is 33.4 Å². The maximum absolute atomic E-state index is 12.9. The maximum Gasteiger partial charge on any atom is 0.303 e. The largest absolute Gasteiger partial charge is 0.345 e. The molecule has 1 atom stereocenters. The summed E-state index contributed by atoms with van der Waals surface area (Å²) in [5.41, 5.74) is 2.43. The molecule has 34 heavy (non-hydrogen) atoms. The van der Waals surface area contributed by atoms with Crippen molar-refractivity contribution in [3.63, 3.8) is 0 Å². The fraction of sp³-hybridized carbons (Fsp3) is 0.200. The van der Waals surface area contributed by atoms with Crippen LogP contribution >= 0.6 is 0 Å². The van der Waals surface area contributed by atoms with Gasteiger partial charge in [0.1, 0.15) is 0 Å². The molecule has 0 aromatic heterocycles. The van der Waals surface area contributed by atoms with E-state index in [1.54, 1.807) is 36.4 Å². The summed E-state index contributed by atoms with van der Waals surface area (Å²) in [4.78, 5) is 25.7. The van der Waals surface area contributed by atoms with E-state index in [1.807, 2.05) is 37.3 Å². The van der Waals surface area contributed by atoms with Crippen LogP contribution in [0.25, 0.3) is 0 Å². The van der Waals surface area contributed by atoms with Crippen LogP contribution in [-0.4, -0.2) is 45.7 Å². The van der Waals surface area contributed by atoms with E-state index < -0.39 is 16.1 Å². The van der Waals surface area contributed by atoms with Gasteiger partial charge in [-0.3, -0.25) is 13.9 Å². The Hall–Kier alpha value is -3.69. The van der Waals surface area contributed by atoms with Gasteiger partial charge in [0.25, 0.3) is 11.8 Å². The molecular weight excluding hydrogens is 452 g/mol. The van der Waals surface area contributed by atoms with Crippen LogP contribution in [-0.2, 0) is 10.2 Å². The first-order valence-electron chi connectivity index (χ1n) is 10.6. The molecule has 0 aliphatic rings. The van der Waals surface area contributed by atoms with Crippen molar-refractivity contribution in [1.29, 1.82) is 0 Å². The second-order valence-electron chi connectivity index (χ2n) is 7.91. The summed E-state index contributed by atoms with van der Waals surface area (Å²) in [6.07, 6.45) is 0. The third-order valence-electron chi connectivity index (χ3n) is 5.37. The molecule has 9 heteroatoms. The minimum atomic E-state index is -3.64. The molecule has 0 fully saturated rings. The minimum Gasteiger partial charge on any atom is -0.345 e. The van der Waals surface area contributed by atoms with Crippen molar-refractivity contribution in [2.24, 2.45) is 0 Å². The number of carbonyl (C=O) groups is 2. The van der Waals surface area contributed by atoms with E-state index in [0.29, 0.717) is 22.5 Å². The minimum absolute atomic E-state index is 0.208. The lowest BCUT2D eigenvalue weighted by Gasteiger charge is -2.23. The first-order chi connectivity index (χ1) is 16.1. The van der Waals surface area contributed by atoms with E-state index in [1.165, 1.54) is 33.3 Å². The molecular formula is C25H28N4O4S. The first-order valence-corrected chi connectivity index (χ1v) is 12.0. The van der Waals surface area contributed by atoms with Gasteiger partial charge in [-0.2, -0.15) is 12.7 Å². The van der Waals surface area contributed by atoms with Crippen LogP contribution in [0.4, 0.5) is 11.4 Å². The van der Waals surface area contributed by atoms with Crippen molar-refractivity contribution in [3.05, 3.63) is 95.6 Å². The third kappa shape index (κ3) is 5.62. The standard InChI is InChI=1S/C25H28N4O4S/c1-18(19-10-6-5-7-11-19)26-25(31)22-12-8-9-13-23(22)27-24(30)20-14-16-21(17-15-20)29(4)34(32,33)28(2)3/h5-18H,1-4H3,(H,26,31)(H,27,30)/t18-/m0/s1. The number of nitrogens with zero attached hydrogens (tertiary/aromatic N) is 2. The predicted octanol–water partition coefficient (Wildman–Crippen LogP) is 3.67. The quantitative estimate of drug-likeness (QED) is 0.514. The van der Waals surface area contributed by atoms with Gasteiger partial charge in [-0.05, 0) is 48.9 Å². The smallest absolute Gasteiger partial charge is 0.303 e. The molecule has 3 aromatic carbocycles. The summed E-state index contributed by atoms with van der Waals surface area (Å²) in [5.74, 6) is -0.723. The van der Waals surface area contributed by atoms with Crippen LogP contribution in [0.15, 0.2) is 78.9 Å². The number of hydrogen-bond donors (Lipinski definition) is 2. The number of carbonyl (C=O) groups excluding carboxylic acids is 2. The highest BCUT2D eigenvalue weighted by atomic mass is 32.2. The van der Waals surface area contributed by atoms with E-state index in [0.717, 1.165) is 14.2 Å². The van der Waals surface area contributed by atoms with Crippen LogP contribution < -0.4 is 14.9 Å². The van der Waals surface area contributed by atoms with Crippen LogP contribution in [0.1, 0.15) is 39.2 Å². The SMILES string of the molecule is C[C@H](NC(=O)c1ccccc1NC(=O)c1ccc(N(C)S(=O)(=O)N(C)C)cc1)c1ccccc1. The second-order valence-corrected chi connectivity index (χ2v) is 10.1. The fourth-order valence-corrected chi connectivity index (χ4v) is 4.16. The van der Waals surface area contributed by atoms with Crippen LogP contribution in [0.5, 0.6) is 0 Å². The van der Waals surface area contributed by atoms with Gasteiger partial charge in [-0.25, -0.2) is 0 Å². The van der Waals surface area contributed by atoms with Crippen molar-refractivity contribution in [3.8, 4) is 0 Å². The fourth-order valence-electron chi connectivity index (χ4n) is 3.28. The number of hydrogen-bond acceptors (Lipinski definition) is 4. The van der Waals surface area contributed by atoms with Gasteiger partial charge in [-0.15, -0.1) is 0 Å². The van der Waals surface area contributed by atoms with Gasteiger partial charge in [0.2, 0.25) is 0 Å². The molecule has 3 aromatic rings. The summed E-state index contributed by atoms with van der Waals surface area (Å²) < 4.78 is 26.8. The lowest BCUT2D eigenvalue weighted by Crippen LogP contribution is -2.37. The van der Waals surface area contributed by atoms with E-state index in [-0.39, 0.29) is 11.9 Å².